The van der Waals surface area contributed by atoms with Gasteiger partial charge in [-0.2, -0.15) is 5.10 Å². The van der Waals surface area contributed by atoms with Gasteiger partial charge in [-0.3, -0.25) is 9.67 Å². The summed E-state index contributed by atoms with van der Waals surface area (Å²) in [7, 11) is 3.72. The van der Waals surface area contributed by atoms with E-state index in [4.69, 9.17) is 4.74 Å². The molecular weight excluding hydrogens is 453 g/mol. The molecule has 7 heteroatoms. The van der Waals surface area contributed by atoms with Crippen LogP contribution in [0, 0.1) is 0 Å². The molecule has 1 aliphatic carbocycles. The van der Waals surface area contributed by atoms with E-state index in [9.17, 15) is 0 Å². The van der Waals surface area contributed by atoms with Gasteiger partial charge in [0.05, 0.1) is 18.3 Å². The summed E-state index contributed by atoms with van der Waals surface area (Å²) in [5, 5.41) is 10.8. The number of rotatable bonds is 7. The fourth-order valence-electron chi connectivity index (χ4n) is 3.23. The van der Waals surface area contributed by atoms with Crippen LogP contribution < -0.4 is 15.4 Å². The van der Waals surface area contributed by atoms with E-state index in [1.165, 1.54) is 31.2 Å². The molecule has 1 heterocycles. The minimum Gasteiger partial charge on any atom is -0.490 e. The average Bonchev–Trinajstić information content (AvgIpc) is 3.31. The van der Waals surface area contributed by atoms with E-state index in [-0.39, 0.29) is 24.0 Å². The van der Waals surface area contributed by atoms with Crippen LogP contribution >= 0.6 is 24.0 Å². The second-order valence-electron chi connectivity index (χ2n) is 6.72. The summed E-state index contributed by atoms with van der Waals surface area (Å²) in [6.07, 6.45) is 8.13. The Morgan fingerprint density at radius 1 is 1.19 bits per heavy atom. The van der Waals surface area contributed by atoms with Crippen LogP contribution in [0.3, 0.4) is 0 Å². The third-order valence-corrected chi connectivity index (χ3v) is 4.82. The first kappa shape index (κ1) is 21.5. The monoisotopic (exact) mass is 483 g/mol. The van der Waals surface area contributed by atoms with Crippen LogP contribution in [0.2, 0.25) is 0 Å². The number of nitrogens with one attached hydrogen (secondary N) is 2. The van der Waals surface area contributed by atoms with Gasteiger partial charge < -0.3 is 15.4 Å². The summed E-state index contributed by atoms with van der Waals surface area (Å²) in [4.78, 5) is 4.26. The van der Waals surface area contributed by atoms with Crippen molar-refractivity contribution in [2.24, 2.45) is 12.0 Å². The Morgan fingerprint density at radius 3 is 2.56 bits per heavy atom. The summed E-state index contributed by atoms with van der Waals surface area (Å²) in [6, 6.07) is 10.5. The molecule has 2 aromatic rings. The quantitative estimate of drug-likeness (QED) is 0.361. The summed E-state index contributed by atoms with van der Waals surface area (Å²) >= 11 is 0. The first-order valence-corrected chi connectivity index (χ1v) is 9.41. The predicted octanol–water partition coefficient (Wildman–Crippen LogP) is 3.27. The lowest BCUT2D eigenvalue weighted by Gasteiger charge is -2.14. The molecule has 0 spiro atoms. The Labute approximate surface area is 178 Å². The summed E-state index contributed by atoms with van der Waals surface area (Å²) in [6.45, 7) is 1.53. The standard InChI is InChI=1S/C20H29N5O.HI/c1-21-20(23-15-17-12-14-24-25(17)2)22-13-11-16-7-9-19(10-8-16)26-18-5-3-4-6-18;/h7-10,12,14,18H,3-6,11,13,15H2,1-2H3,(H2,21,22,23);1H. The van der Waals surface area contributed by atoms with Gasteiger partial charge in [-0.15, -0.1) is 24.0 Å². The lowest BCUT2D eigenvalue weighted by molar-refractivity contribution is 0.210. The molecule has 0 atom stereocenters. The second kappa shape index (κ2) is 11.2. The maximum Gasteiger partial charge on any atom is 0.191 e. The van der Waals surface area contributed by atoms with E-state index < -0.39 is 0 Å². The summed E-state index contributed by atoms with van der Waals surface area (Å²) in [5.74, 6) is 1.79. The van der Waals surface area contributed by atoms with Gasteiger partial charge in [0.25, 0.3) is 0 Å². The van der Waals surface area contributed by atoms with Gasteiger partial charge in [0.1, 0.15) is 5.75 Å². The van der Waals surface area contributed by atoms with Gasteiger partial charge in [-0.25, -0.2) is 0 Å². The highest BCUT2D eigenvalue weighted by molar-refractivity contribution is 14.0. The Hall–Kier alpha value is -1.77. The number of aliphatic imine (C=N–C) groups is 1. The van der Waals surface area contributed by atoms with Gasteiger partial charge in [-0.1, -0.05) is 12.1 Å². The van der Waals surface area contributed by atoms with Gasteiger partial charge in [0.15, 0.2) is 5.96 Å². The molecule has 0 bridgehead atoms. The molecule has 0 saturated heterocycles. The zero-order valence-corrected chi connectivity index (χ0v) is 18.5. The molecule has 0 amide bonds. The van der Waals surface area contributed by atoms with E-state index in [2.05, 4.69) is 45.0 Å². The van der Waals surface area contributed by atoms with Crippen LogP contribution in [-0.2, 0) is 20.0 Å². The van der Waals surface area contributed by atoms with Crippen LogP contribution in [0.25, 0.3) is 0 Å². The number of aryl methyl sites for hydroxylation is 1. The highest BCUT2D eigenvalue weighted by Crippen LogP contribution is 2.24. The van der Waals surface area contributed by atoms with Crippen LogP contribution in [0.15, 0.2) is 41.5 Å². The van der Waals surface area contributed by atoms with Crippen molar-refractivity contribution >= 4 is 29.9 Å². The molecule has 0 unspecified atom stereocenters. The minimum atomic E-state index is 0. The molecule has 1 aliphatic rings. The third-order valence-electron chi connectivity index (χ3n) is 4.82. The first-order valence-electron chi connectivity index (χ1n) is 9.41. The van der Waals surface area contributed by atoms with Crippen molar-refractivity contribution in [3.05, 3.63) is 47.8 Å². The Morgan fingerprint density at radius 2 is 1.93 bits per heavy atom. The highest BCUT2D eigenvalue weighted by Gasteiger charge is 2.16. The predicted molar refractivity (Wildman–Crippen MR) is 120 cm³/mol. The van der Waals surface area contributed by atoms with E-state index in [1.54, 1.807) is 13.2 Å². The number of nitrogens with zero attached hydrogens (tertiary/aromatic N) is 3. The van der Waals surface area contributed by atoms with E-state index in [1.807, 2.05) is 17.8 Å². The Kier molecular flexibility index (Phi) is 8.90. The van der Waals surface area contributed by atoms with Crippen molar-refractivity contribution in [1.82, 2.24) is 20.4 Å². The Balaban J connectivity index is 0.00000261. The fraction of sp³-hybridized carbons (Fsp3) is 0.500. The van der Waals surface area contributed by atoms with Gasteiger partial charge in [-0.05, 0) is 55.9 Å². The number of guanidine groups is 1. The first-order chi connectivity index (χ1) is 12.7. The average molecular weight is 483 g/mol. The molecule has 1 aromatic heterocycles. The number of benzene rings is 1. The van der Waals surface area contributed by atoms with Crippen molar-refractivity contribution in [2.75, 3.05) is 13.6 Å². The molecule has 0 aliphatic heterocycles. The lowest BCUT2D eigenvalue weighted by atomic mass is 10.1. The maximum absolute atomic E-state index is 6.02. The second-order valence-corrected chi connectivity index (χ2v) is 6.72. The van der Waals surface area contributed by atoms with Gasteiger partial charge in [0.2, 0.25) is 0 Å². The van der Waals surface area contributed by atoms with Crippen molar-refractivity contribution in [3.8, 4) is 5.75 Å². The van der Waals surface area contributed by atoms with E-state index in [0.29, 0.717) is 12.6 Å². The number of hydrogen-bond donors (Lipinski definition) is 2. The fourth-order valence-corrected chi connectivity index (χ4v) is 3.23. The third kappa shape index (κ3) is 6.71. The summed E-state index contributed by atoms with van der Waals surface area (Å²) in [5.41, 5.74) is 2.41. The Bertz CT molecular complexity index is 707. The van der Waals surface area contributed by atoms with Gasteiger partial charge >= 0.3 is 0 Å². The molecule has 148 valence electrons. The normalized spacial score (nSPS) is 14.7. The maximum atomic E-state index is 6.02. The lowest BCUT2D eigenvalue weighted by Crippen LogP contribution is -2.38. The molecule has 6 nitrogen and oxygen atoms in total. The molecular formula is C20H30IN5O. The van der Waals surface area contributed by atoms with Crippen LogP contribution in [0.4, 0.5) is 0 Å². The number of halogens is 1. The molecule has 1 fully saturated rings. The number of hydrogen-bond acceptors (Lipinski definition) is 3. The molecule has 1 saturated carbocycles. The van der Waals surface area contributed by atoms with E-state index in [0.717, 1.165) is 30.4 Å². The zero-order chi connectivity index (χ0) is 18.2. The van der Waals surface area contributed by atoms with Crippen molar-refractivity contribution in [1.29, 1.82) is 0 Å². The highest BCUT2D eigenvalue weighted by atomic mass is 127. The SMILES string of the molecule is CN=C(NCCc1ccc(OC2CCCC2)cc1)NCc1ccnn1C.I. The van der Waals surface area contributed by atoms with Crippen LogP contribution in [0.5, 0.6) is 5.75 Å². The van der Waals surface area contributed by atoms with Crippen molar-refractivity contribution in [3.63, 3.8) is 0 Å². The van der Waals surface area contributed by atoms with Gasteiger partial charge in [0, 0.05) is 26.8 Å². The molecule has 2 N–H and O–H groups in total. The minimum absolute atomic E-state index is 0. The largest absolute Gasteiger partial charge is 0.490 e. The molecule has 0 radical (unpaired) electrons. The van der Waals surface area contributed by atoms with Crippen molar-refractivity contribution < 1.29 is 4.74 Å². The smallest absolute Gasteiger partial charge is 0.191 e. The van der Waals surface area contributed by atoms with Crippen molar-refractivity contribution in [2.45, 2.75) is 44.8 Å². The summed E-state index contributed by atoms with van der Waals surface area (Å²) < 4.78 is 7.87. The van der Waals surface area contributed by atoms with E-state index >= 15 is 0 Å². The zero-order valence-electron chi connectivity index (χ0n) is 16.1. The topological polar surface area (TPSA) is 63.5 Å². The van der Waals surface area contributed by atoms with Crippen LogP contribution in [0.1, 0.15) is 36.9 Å². The molecule has 1 aromatic carbocycles. The van der Waals surface area contributed by atoms with Crippen LogP contribution in [-0.4, -0.2) is 35.4 Å². The molecule has 27 heavy (non-hydrogen) atoms. The molecule has 3 rings (SSSR count). The number of ether oxygens (including phenoxy) is 1. The number of aromatic nitrogens is 2.